The molecule has 0 saturated carbocycles. The molecule has 1 fully saturated rings. The van der Waals surface area contributed by atoms with Crippen molar-refractivity contribution in [1.29, 1.82) is 0 Å². The van der Waals surface area contributed by atoms with Crippen LogP contribution in [-0.4, -0.2) is 55.0 Å². The van der Waals surface area contributed by atoms with Crippen molar-refractivity contribution in [2.75, 3.05) is 25.0 Å². The number of likely N-dealkylation sites (tertiary alicyclic amines) is 1. The van der Waals surface area contributed by atoms with Crippen LogP contribution in [0.5, 0.6) is 0 Å². The number of allylic oxidation sites excluding steroid dienone is 2. The van der Waals surface area contributed by atoms with Gasteiger partial charge in [0, 0.05) is 31.7 Å². The van der Waals surface area contributed by atoms with Crippen molar-refractivity contribution in [3.63, 3.8) is 0 Å². The molecule has 1 aromatic rings. The third-order valence-corrected chi connectivity index (χ3v) is 8.15. The van der Waals surface area contributed by atoms with Gasteiger partial charge in [-0.1, -0.05) is 32.1 Å². The monoisotopic (exact) mass is 447 g/mol. The van der Waals surface area contributed by atoms with Gasteiger partial charge >= 0.3 is 0 Å². The topological polar surface area (TPSA) is 104 Å². The molecule has 0 radical (unpaired) electrons. The standard InChI is InChI=1S/C22H29N3O5S/c1-4-24(5-2)31(29,30)19-14-16(11-10-15(19)3)23-20(26)12-13-25-21(27)17-8-6-7-9-18(17)22(25)28/h6-7,10-11,14,17-18H,4-5,8-9,12-13H2,1-3H3,(H,23,26)/t17-,18-/m0/s1. The van der Waals surface area contributed by atoms with E-state index in [1.165, 1.54) is 15.3 Å². The van der Waals surface area contributed by atoms with Crippen LogP contribution in [0.25, 0.3) is 0 Å². The smallest absolute Gasteiger partial charge is 0.243 e. The number of amides is 3. The van der Waals surface area contributed by atoms with Gasteiger partial charge in [0.25, 0.3) is 0 Å². The lowest BCUT2D eigenvalue weighted by molar-refractivity contribution is -0.140. The largest absolute Gasteiger partial charge is 0.326 e. The molecule has 0 aromatic heterocycles. The number of nitrogens with zero attached hydrogens (tertiary/aromatic N) is 2. The van der Waals surface area contributed by atoms with Crippen LogP contribution in [0.3, 0.4) is 0 Å². The quantitative estimate of drug-likeness (QED) is 0.486. The molecule has 1 aliphatic heterocycles. The summed E-state index contributed by atoms with van der Waals surface area (Å²) in [4.78, 5) is 38.8. The summed E-state index contributed by atoms with van der Waals surface area (Å²) in [6.45, 7) is 5.98. The number of rotatable bonds is 8. The Balaban J connectivity index is 1.66. The van der Waals surface area contributed by atoms with E-state index in [4.69, 9.17) is 0 Å². The highest BCUT2D eigenvalue weighted by molar-refractivity contribution is 7.89. The predicted octanol–water partition coefficient (Wildman–Crippen LogP) is 2.31. The minimum absolute atomic E-state index is 0.0208. The molecule has 0 spiro atoms. The molecule has 8 nitrogen and oxygen atoms in total. The zero-order valence-electron chi connectivity index (χ0n) is 18.1. The predicted molar refractivity (Wildman–Crippen MR) is 117 cm³/mol. The number of fused-ring (bicyclic) bond motifs is 1. The maximum Gasteiger partial charge on any atom is 0.243 e. The van der Waals surface area contributed by atoms with E-state index in [1.807, 2.05) is 12.2 Å². The average molecular weight is 448 g/mol. The van der Waals surface area contributed by atoms with Gasteiger partial charge in [-0.05, 0) is 37.5 Å². The van der Waals surface area contributed by atoms with Gasteiger partial charge in [0.15, 0.2) is 0 Å². The summed E-state index contributed by atoms with van der Waals surface area (Å²) in [7, 11) is -3.66. The molecule has 1 N–H and O–H groups in total. The Bertz CT molecular complexity index is 988. The molecule has 1 aromatic carbocycles. The maximum absolute atomic E-state index is 12.9. The number of benzene rings is 1. The number of aryl methyl sites for hydroxylation is 1. The molecule has 2 atom stereocenters. The van der Waals surface area contributed by atoms with Gasteiger partial charge in [-0.25, -0.2) is 8.42 Å². The number of hydrogen-bond acceptors (Lipinski definition) is 5. The van der Waals surface area contributed by atoms with Gasteiger partial charge in [0.05, 0.1) is 16.7 Å². The molecule has 3 amide bonds. The first kappa shape index (κ1) is 23.1. The maximum atomic E-state index is 12.9. The van der Waals surface area contributed by atoms with E-state index in [9.17, 15) is 22.8 Å². The average Bonchev–Trinajstić information content (AvgIpc) is 2.99. The molecule has 0 unspecified atom stereocenters. The van der Waals surface area contributed by atoms with Crippen LogP contribution in [-0.2, 0) is 24.4 Å². The highest BCUT2D eigenvalue weighted by Crippen LogP contribution is 2.35. The summed E-state index contributed by atoms with van der Waals surface area (Å²) in [5, 5.41) is 2.69. The molecule has 1 heterocycles. The number of nitrogens with one attached hydrogen (secondary N) is 1. The molecule has 9 heteroatoms. The highest BCUT2D eigenvalue weighted by atomic mass is 32.2. The second-order valence-corrected chi connectivity index (χ2v) is 9.76. The van der Waals surface area contributed by atoms with E-state index in [2.05, 4.69) is 5.32 Å². The van der Waals surface area contributed by atoms with E-state index in [1.54, 1.807) is 32.9 Å². The lowest BCUT2D eigenvalue weighted by atomic mass is 9.85. The van der Waals surface area contributed by atoms with Crippen molar-refractivity contribution in [3.05, 3.63) is 35.9 Å². The number of sulfonamides is 1. The fourth-order valence-corrected chi connectivity index (χ4v) is 5.89. The fourth-order valence-electron chi connectivity index (χ4n) is 4.18. The van der Waals surface area contributed by atoms with E-state index in [-0.39, 0.29) is 47.4 Å². The summed E-state index contributed by atoms with van der Waals surface area (Å²) < 4.78 is 27.1. The lowest BCUT2D eigenvalue weighted by Gasteiger charge is -2.20. The molecule has 31 heavy (non-hydrogen) atoms. The van der Waals surface area contributed by atoms with E-state index in [0.29, 0.717) is 37.2 Å². The molecule has 3 rings (SSSR count). The van der Waals surface area contributed by atoms with Gasteiger partial charge in [-0.2, -0.15) is 4.31 Å². The second-order valence-electron chi connectivity index (χ2n) is 7.85. The van der Waals surface area contributed by atoms with Gasteiger partial charge in [-0.3, -0.25) is 19.3 Å². The molecule has 0 bridgehead atoms. The fraction of sp³-hybridized carbons (Fsp3) is 0.500. The first-order valence-corrected chi connectivity index (χ1v) is 12.1. The molecule has 1 aliphatic carbocycles. The van der Waals surface area contributed by atoms with E-state index < -0.39 is 10.0 Å². The normalized spacial score (nSPS) is 21.0. The summed E-state index contributed by atoms with van der Waals surface area (Å²) in [6.07, 6.45) is 4.92. The third-order valence-electron chi connectivity index (χ3n) is 5.96. The van der Waals surface area contributed by atoms with Crippen molar-refractivity contribution in [2.24, 2.45) is 11.8 Å². The Morgan fingerprint density at radius 1 is 1.10 bits per heavy atom. The first-order valence-electron chi connectivity index (χ1n) is 10.6. The summed E-state index contributed by atoms with van der Waals surface area (Å²) in [5.74, 6) is -1.44. The minimum atomic E-state index is -3.66. The van der Waals surface area contributed by atoms with Crippen LogP contribution in [0.4, 0.5) is 5.69 Å². The third kappa shape index (κ3) is 4.57. The SMILES string of the molecule is CCN(CC)S(=O)(=O)c1cc(NC(=O)CCN2C(=O)[C@H]3CC=CC[C@@H]3C2=O)ccc1C. The second kappa shape index (κ2) is 9.32. The van der Waals surface area contributed by atoms with Crippen LogP contribution in [0, 0.1) is 18.8 Å². The number of anilines is 1. The van der Waals surface area contributed by atoms with Crippen LogP contribution in [0.2, 0.25) is 0 Å². The number of hydrogen-bond donors (Lipinski definition) is 1. The van der Waals surface area contributed by atoms with Crippen molar-refractivity contribution in [1.82, 2.24) is 9.21 Å². The van der Waals surface area contributed by atoms with Crippen molar-refractivity contribution in [3.8, 4) is 0 Å². The van der Waals surface area contributed by atoms with Crippen LogP contribution < -0.4 is 5.32 Å². The van der Waals surface area contributed by atoms with Crippen molar-refractivity contribution < 1.29 is 22.8 Å². The number of imide groups is 1. The summed E-state index contributed by atoms with van der Waals surface area (Å²) in [5.41, 5.74) is 0.952. The first-order chi connectivity index (χ1) is 14.7. The van der Waals surface area contributed by atoms with E-state index >= 15 is 0 Å². The molecule has 1 saturated heterocycles. The molecule has 168 valence electrons. The summed E-state index contributed by atoms with van der Waals surface area (Å²) in [6, 6.07) is 4.74. The Morgan fingerprint density at radius 2 is 1.68 bits per heavy atom. The van der Waals surface area contributed by atoms with Crippen molar-refractivity contribution >= 4 is 33.4 Å². The van der Waals surface area contributed by atoms with Gasteiger partial charge in [0.2, 0.25) is 27.7 Å². The van der Waals surface area contributed by atoms with Gasteiger partial charge in [-0.15, -0.1) is 0 Å². The zero-order valence-corrected chi connectivity index (χ0v) is 18.9. The van der Waals surface area contributed by atoms with Gasteiger partial charge in [0.1, 0.15) is 0 Å². The zero-order chi connectivity index (χ0) is 22.8. The lowest BCUT2D eigenvalue weighted by Crippen LogP contribution is -2.34. The number of carbonyl (C=O) groups is 3. The van der Waals surface area contributed by atoms with Crippen LogP contribution >= 0.6 is 0 Å². The van der Waals surface area contributed by atoms with E-state index in [0.717, 1.165) is 0 Å². The molecular formula is C22H29N3O5S. The Hall–Kier alpha value is -2.52. The Kier molecular flexibility index (Phi) is 6.96. The Labute approximate surface area is 183 Å². The van der Waals surface area contributed by atoms with Gasteiger partial charge < -0.3 is 5.32 Å². The van der Waals surface area contributed by atoms with Crippen molar-refractivity contribution in [2.45, 2.75) is 44.9 Å². The highest BCUT2D eigenvalue weighted by Gasteiger charge is 2.46. The molecule has 2 aliphatic rings. The Morgan fingerprint density at radius 3 is 2.23 bits per heavy atom. The van der Waals surface area contributed by atoms with Crippen LogP contribution in [0.15, 0.2) is 35.2 Å². The van der Waals surface area contributed by atoms with Crippen LogP contribution in [0.1, 0.15) is 38.7 Å². The molecular weight excluding hydrogens is 418 g/mol. The minimum Gasteiger partial charge on any atom is -0.326 e. The summed E-state index contributed by atoms with van der Waals surface area (Å²) >= 11 is 0. The number of carbonyl (C=O) groups excluding carboxylic acids is 3.